The molecule has 0 atom stereocenters. The Kier molecular flexibility index (Phi) is 4.80. The van der Waals surface area contributed by atoms with E-state index in [1.165, 1.54) is 12.1 Å². The molecule has 1 rings (SSSR count). The third-order valence-corrected chi connectivity index (χ3v) is 4.32. The second-order valence-corrected chi connectivity index (χ2v) is 6.35. The summed E-state index contributed by atoms with van der Waals surface area (Å²) in [5, 5.41) is 0.148. The van der Waals surface area contributed by atoms with Crippen LogP contribution in [0.2, 0.25) is 5.02 Å². The quantitative estimate of drug-likeness (QED) is 0.837. The zero-order chi connectivity index (χ0) is 13.1. The summed E-state index contributed by atoms with van der Waals surface area (Å²) in [5.41, 5.74) is 5.80. The van der Waals surface area contributed by atoms with Crippen molar-refractivity contribution in [3.8, 4) is 0 Å². The van der Waals surface area contributed by atoms with Gasteiger partial charge in [0.1, 0.15) is 4.90 Å². The molecular formula is C11H16ClNO3S. The first-order valence-corrected chi connectivity index (χ1v) is 7.26. The summed E-state index contributed by atoms with van der Waals surface area (Å²) in [6.07, 6.45) is -0.00575. The number of sulfone groups is 1. The first-order valence-electron chi connectivity index (χ1n) is 5.23. The predicted molar refractivity (Wildman–Crippen MR) is 69.0 cm³/mol. The number of rotatable bonds is 5. The molecule has 0 spiro atoms. The first-order chi connectivity index (χ1) is 7.84. The summed E-state index contributed by atoms with van der Waals surface area (Å²) in [4.78, 5) is -0.00553. The second-order valence-electron chi connectivity index (χ2n) is 3.90. The van der Waals surface area contributed by atoms with Crippen molar-refractivity contribution in [2.75, 3.05) is 18.1 Å². The molecule has 0 fully saturated rings. The maximum absolute atomic E-state index is 12.0. The Morgan fingerprint density at radius 1 is 1.41 bits per heavy atom. The molecule has 0 heterocycles. The van der Waals surface area contributed by atoms with Crippen molar-refractivity contribution in [2.24, 2.45) is 0 Å². The van der Waals surface area contributed by atoms with Crippen LogP contribution in [0.25, 0.3) is 0 Å². The number of anilines is 1. The molecule has 0 amide bonds. The van der Waals surface area contributed by atoms with Crippen LogP contribution in [0.1, 0.15) is 13.8 Å². The van der Waals surface area contributed by atoms with Crippen molar-refractivity contribution in [1.29, 1.82) is 0 Å². The van der Waals surface area contributed by atoms with Crippen LogP contribution in [0, 0.1) is 0 Å². The molecule has 0 aromatic heterocycles. The molecule has 0 saturated heterocycles. The molecule has 1 aromatic rings. The molecule has 4 nitrogen and oxygen atoms in total. The average molecular weight is 278 g/mol. The van der Waals surface area contributed by atoms with Crippen LogP contribution in [0.5, 0.6) is 0 Å². The van der Waals surface area contributed by atoms with E-state index in [0.717, 1.165) is 0 Å². The van der Waals surface area contributed by atoms with Gasteiger partial charge < -0.3 is 10.5 Å². The smallest absolute Gasteiger partial charge is 0.184 e. The molecule has 2 N–H and O–H groups in total. The minimum Gasteiger partial charge on any atom is -0.398 e. The van der Waals surface area contributed by atoms with Gasteiger partial charge in [-0.3, -0.25) is 0 Å². The molecule has 96 valence electrons. The first kappa shape index (κ1) is 14.3. The van der Waals surface area contributed by atoms with E-state index in [9.17, 15) is 8.42 Å². The van der Waals surface area contributed by atoms with Gasteiger partial charge in [0.05, 0.1) is 29.2 Å². The lowest BCUT2D eigenvalue weighted by Crippen LogP contribution is -2.16. The number of nitrogen functional groups attached to an aromatic ring is 1. The Morgan fingerprint density at radius 2 is 2.06 bits per heavy atom. The van der Waals surface area contributed by atoms with Gasteiger partial charge in [0.15, 0.2) is 9.84 Å². The fourth-order valence-corrected chi connectivity index (χ4v) is 3.20. The Labute approximate surface area is 107 Å². The predicted octanol–water partition coefficient (Wildman–Crippen LogP) is 2.12. The average Bonchev–Trinajstić information content (AvgIpc) is 2.15. The summed E-state index contributed by atoms with van der Waals surface area (Å²) in [6, 6.07) is 4.64. The van der Waals surface area contributed by atoms with E-state index in [0.29, 0.717) is 0 Å². The van der Waals surface area contributed by atoms with Crippen molar-refractivity contribution in [1.82, 2.24) is 0 Å². The van der Waals surface area contributed by atoms with Crippen molar-refractivity contribution in [2.45, 2.75) is 24.8 Å². The zero-order valence-electron chi connectivity index (χ0n) is 9.81. The SMILES string of the molecule is CC(C)OCCS(=O)(=O)c1c(N)cccc1Cl. The van der Waals surface area contributed by atoms with Crippen molar-refractivity contribution in [3.05, 3.63) is 23.2 Å². The molecule has 0 radical (unpaired) electrons. The highest BCUT2D eigenvalue weighted by Crippen LogP contribution is 2.27. The van der Waals surface area contributed by atoms with Gasteiger partial charge in [0.2, 0.25) is 0 Å². The normalized spacial score (nSPS) is 12.0. The Hall–Kier alpha value is -0.780. The fourth-order valence-electron chi connectivity index (χ4n) is 1.35. The van der Waals surface area contributed by atoms with Crippen LogP contribution in [0.3, 0.4) is 0 Å². The van der Waals surface area contributed by atoms with Gasteiger partial charge in [-0.2, -0.15) is 0 Å². The summed E-state index contributed by atoms with van der Waals surface area (Å²) < 4.78 is 29.2. The summed E-state index contributed by atoms with van der Waals surface area (Å²) in [5.74, 6) is -0.126. The number of hydrogen-bond acceptors (Lipinski definition) is 4. The summed E-state index contributed by atoms with van der Waals surface area (Å²) >= 11 is 5.86. The molecule has 0 aliphatic heterocycles. The number of ether oxygens (including phenoxy) is 1. The van der Waals surface area contributed by atoms with E-state index in [1.54, 1.807) is 6.07 Å². The largest absolute Gasteiger partial charge is 0.398 e. The van der Waals surface area contributed by atoms with Crippen LogP contribution < -0.4 is 5.73 Å². The standard InChI is InChI=1S/C11H16ClNO3S/c1-8(2)16-6-7-17(14,15)11-9(12)4-3-5-10(11)13/h3-5,8H,6-7,13H2,1-2H3. The van der Waals surface area contributed by atoms with E-state index in [2.05, 4.69) is 0 Å². The van der Waals surface area contributed by atoms with Crippen LogP contribution in [0.15, 0.2) is 23.1 Å². The van der Waals surface area contributed by atoms with Gasteiger partial charge in [0.25, 0.3) is 0 Å². The van der Waals surface area contributed by atoms with Gasteiger partial charge in [-0.25, -0.2) is 8.42 Å². The Morgan fingerprint density at radius 3 is 2.59 bits per heavy atom. The fraction of sp³-hybridized carbons (Fsp3) is 0.455. The lowest BCUT2D eigenvalue weighted by Gasteiger charge is -2.11. The van der Waals surface area contributed by atoms with Gasteiger partial charge >= 0.3 is 0 Å². The zero-order valence-corrected chi connectivity index (χ0v) is 11.4. The van der Waals surface area contributed by atoms with E-state index < -0.39 is 9.84 Å². The molecule has 1 aromatic carbocycles. The van der Waals surface area contributed by atoms with Gasteiger partial charge in [0, 0.05) is 0 Å². The number of hydrogen-bond donors (Lipinski definition) is 1. The second kappa shape index (κ2) is 5.71. The molecule has 6 heteroatoms. The molecule has 0 aliphatic carbocycles. The highest BCUT2D eigenvalue weighted by Gasteiger charge is 2.21. The van der Waals surface area contributed by atoms with Gasteiger partial charge in [-0.15, -0.1) is 0 Å². The molecule has 0 aliphatic rings. The van der Waals surface area contributed by atoms with Gasteiger partial charge in [-0.05, 0) is 26.0 Å². The highest BCUT2D eigenvalue weighted by atomic mass is 35.5. The van der Waals surface area contributed by atoms with E-state index in [-0.39, 0.29) is 34.1 Å². The number of halogens is 1. The molecule has 0 bridgehead atoms. The van der Waals surface area contributed by atoms with Crippen molar-refractivity contribution >= 4 is 27.1 Å². The van der Waals surface area contributed by atoms with Crippen molar-refractivity contribution < 1.29 is 13.2 Å². The van der Waals surface area contributed by atoms with Gasteiger partial charge in [-0.1, -0.05) is 17.7 Å². The third-order valence-electron chi connectivity index (χ3n) is 2.11. The van der Waals surface area contributed by atoms with Crippen LogP contribution in [-0.4, -0.2) is 26.9 Å². The molecule has 0 unspecified atom stereocenters. The maximum Gasteiger partial charge on any atom is 0.184 e. The Balaban J connectivity index is 2.90. The van der Waals surface area contributed by atoms with E-state index in [4.69, 9.17) is 22.1 Å². The topological polar surface area (TPSA) is 69.4 Å². The third kappa shape index (κ3) is 3.87. The lowest BCUT2D eigenvalue weighted by atomic mass is 10.3. The minimum atomic E-state index is -3.50. The van der Waals surface area contributed by atoms with Crippen molar-refractivity contribution in [3.63, 3.8) is 0 Å². The van der Waals surface area contributed by atoms with Crippen LogP contribution in [-0.2, 0) is 14.6 Å². The van der Waals surface area contributed by atoms with Crippen LogP contribution >= 0.6 is 11.6 Å². The lowest BCUT2D eigenvalue weighted by molar-refractivity contribution is 0.0912. The highest BCUT2D eigenvalue weighted by molar-refractivity contribution is 7.91. The summed E-state index contributed by atoms with van der Waals surface area (Å²) in [6.45, 7) is 3.82. The molecule has 0 saturated carbocycles. The van der Waals surface area contributed by atoms with E-state index in [1.807, 2.05) is 13.8 Å². The Bertz CT molecular complexity index is 465. The summed E-state index contributed by atoms with van der Waals surface area (Å²) in [7, 11) is -3.50. The molecule has 17 heavy (non-hydrogen) atoms. The maximum atomic E-state index is 12.0. The van der Waals surface area contributed by atoms with E-state index >= 15 is 0 Å². The number of benzene rings is 1. The minimum absolute atomic E-state index is 0.00553. The number of nitrogens with two attached hydrogens (primary N) is 1. The monoisotopic (exact) mass is 277 g/mol. The molecular weight excluding hydrogens is 262 g/mol. The van der Waals surface area contributed by atoms with Crippen LogP contribution in [0.4, 0.5) is 5.69 Å².